The van der Waals surface area contributed by atoms with Gasteiger partial charge in [-0.15, -0.1) is 0 Å². The topological polar surface area (TPSA) is 79.4 Å². The smallest absolute Gasteiger partial charge is 0.307 e. The number of ether oxygens (including phenoxy) is 2. The van der Waals surface area contributed by atoms with Gasteiger partial charge in [-0.05, 0) is 38.3 Å². The number of para-hydroxylation sites is 1. The van der Waals surface area contributed by atoms with E-state index in [1.54, 1.807) is 0 Å². The average molecular weight is 343 g/mol. The molecule has 0 bridgehead atoms. The quantitative estimate of drug-likeness (QED) is 0.782. The second-order valence-electron chi connectivity index (χ2n) is 6.19. The number of rotatable bonds is 7. The molecular weight excluding hydrogens is 318 g/mol. The first kappa shape index (κ1) is 17.5. The highest BCUT2D eigenvalue weighted by molar-refractivity contribution is 5.69. The summed E-state index contributed by atoms with van der Waals surface area (Å²) in [6.07, 6.45) is 3.24. The maximum absolute atomic E-state index is 11.7. The van der Waals surface area contributed by atoms with Gasteiger partial charge in [-0.25, -0.2) is 0 Å². The first-order chi connectivity index (χ1) is 12.2. The fourth-order valence-corrected chi connectivity index (χ4v) is 3.28. The van der Waals surface area contributed by atoms with E-state index < -0.39 is 0 Å². The van der Waals surface area contributed by atoms with Gasteiger partial charge in [-0.3, -0.25) is 9.48 Å². The standard InChI is InChI=1S/C19H25N3O3/c1-2-24-18(23)11-12-22-17-10-6-9-15(20)19(17)16(21-22)13-25-14-7-4-3-5-8-14/h3-5,7-8,15H,2,6,9-13,20H2,1H3. The first-order valence-electron chi connectivity index (χ1n) is 8.86. The highest BCUT2D eigenvalue weighted by atomic mass is 16.5. The minimum atomic E-state index is -0.200. The largest absolute Gasteiger partial charge is 0.487 e. The van der Waals surface area contributed by atoms with Gasteiger partial charge in [0.2, 0.25) is 0 Å². The third kappa shape index (κ3) is 4.20. The molecule has 0 saturated heterocycles. The molecule has 134 valence electrons. The van der Waals surface area contributed by atoms with E-state index in [0.29, 0.717) is 26.2 Å². The molecule has 6 heteroatoms. The molecule has 1 aromatic heterocycles. The van der Waals surface area contributed by atoms with Gasteiger partial charge in [0.15, 0.2) is 0 Å². The zero-order valence-electron chi connectivity index (χ0n) is 14.6. The Hall–Kier alpha value is -2.34. The molecule has 1 heterocycles. The molecule has 0 saturated carbocycles. The summed E-state index contributed by atoms with van der Waals surface area (Å²) in [4.78, 5) is 11.7. The molecule has 0 fully saturated rings. The predicted octanol–water partition coefficient (Wildman–Crippen LogP) is 2.75. The lowest BCUT2D eigenvalue weighted by Crippen LogP contribution is -2.20. The molecule has 25 heavy (non-hydrogen) atoms. The minimum Gasteiger partial charge on any atom is -0.487 e. The van der Waals surface area contributed by atoms with Crippen LogP contribution in [0, 0.1) is 0 Å². The Bertz CT molecular complexity index is 712. The number of hydrogen-bond acceptors (Lipinski definition) is 5. The van der Waals surface area contributed by atoms with E-state index >= 15 is 0 Å². The van der Waals surface area contributed by atoms with Crippen LogP contribution in [-0.4, -0.2) is 22.4 Å². The fourth-order valence-electron chi connectivity index (χ4n) is 3.28. The number of carbonyl (C=O) groups excluding carboxylic acids is 1. The molecule has 0 spiro atoms. The molecule has 0 radical (unpaired) electrons. The van der Waals surface area contributed by atoms with Crippen LogP contribution >= 0.6 is 0 Å². The summed E-state index contributed by atoms with van der Waals surface area (Å²) in [5, 5.41) is 4.69. The van der Waals surface area contributed by atoms with Crippen LogP contribution in [0.15, 0.2) is 30.3 Å². The number of aryl methyl sites for hydroxylation is 1. The highest BCUT2D eigenvalue weighted by Crippen LogP contribution is 2.31. The third-order valence-electron chi connectivity index (χ3n) is 4.43. The van der Waals surface area contributed by atoms with Gasteiger partial charge >= 0.3 is 5.97 Å². The van der Waals surface area contributed by atoms with Crippen LogP contribution in [0.5, 0.6) is 5.75 Å². The highest BCUT2D eigenvalue weighted by Gasteiger charge is 2.26. The average Bonchev–Trinajstić information content (AvgIpc) is 2.99. The third-order valence-corrected chi connectivity index (χ3v) is 4.43. The molecule has 1 atom stereocenters. The maximum Gasteiger partial charge on any atom is 0.307 e. The van der Waals surface area contributed by atoms with Gasteiger partial charge in [-0.1, -0.05) is 18.2 Å². The van der Waals surface area contributed by atoms with E-state index in [0.717, 1.165) is 42.0 Å². The molecule has 2 aromatic rings. The van der Waals surface area contributed by atoms with Crippen LogP contribution in [0.2, 0.25) is 0 Å². The fraction of sp³-hybridized carbons (Fsp3) is 0.474. The minimum absolute atomic E-state index is 0.0190. The van der Waals surface area contributed by atoms with E-state index in [9.17, 15) is 4.79 Å². The van der Waals surface area contributed by atoms with E-state index in [-0.39, 0.29) is 12.0 Å². The van der Waals surface area contributed by atoms with Crippen LogP contribution in [0.4, 0.5) is 0 Å². The number of esters is 1. The molecule has 2 N–H and O–H groups in total. The number of benzene rings is 1. The van der Waals surface area contributed by atoms with E-state index in [1.807, 2.05) is 41.9 Å². The van der Waals surface area contributed by atoms with Crippen LogP contribution in [-0.2, 0) is 29.1 Å². The number of hydrogen-bond donors (Lipinski definition) is 1. The Morgan fingerprint density at radius 3 is 2.92 bits per heavy atom. The lowest BCUT2D eigenvalue weighted by molar-refractivity contribution is -0.143. The van der Waals surface area contributed by atoms with Crippen molar-refractivity contribution in [2.75, 3.05) is 6.61 Å². The van der Waals surface area contributed by atoms with Crippen LogP contribution in [0.25, 0.3) is 0 Å². The molecule has 0 amide bonds. The monoisotopic (exact) mass is 343 g/mol. The summed E-state index contributed by atoms with van der Waals surface area (Å²) in [5.41, 5.74) is 9.43. The first-order valence-corrected chi connectivity index (χ1v) is 8.86. The van der Waals surface area contributed by atoms with Crippen LogP contribution in [0.1, 0.15) is 49.2 Å². The zero-order chi connectivity index (χ0) is 17.6. The van der Waals surface area contributed by atoms with Crippen molar-refractivity contribution in [3.05, 3.63) is 47.3 Å². The molecule has 1 aromatic carbocycles. The van der Waals surface area contributed by atoms with Crippen molar-refractivity contribution in [1.29, 1.82) is 0 Å². The second kappa shape index (κ2) is 8.16. The van der Waals surface area contributed by atoms with E-state index in [2.05, 4.69) is 0 Å². The van der Waals surface area contributed by atoms with Gasteiger partial charge in [0.05, 0.1) is 19.6 Å². The molecule has 1 aliphatic carbocycles. The van der Waals surface area contributed by atoms with Gasteiger partial charge in [0.25, 0.3) is 0 Å². The van der Waals surface area contributed by atoms with Crippen molar-refractivity contribution < 1.29 is 14.3 Å². The summed E-state index contributed by atoms with van der Waals surface area (Å²) < 4.78 is 12.8. The van der Waals surface area contributed by atoms with Crippen molar-refractivity contribution in [2.45, 2.75) is 51.8 Å². The molecular formula is C19H25N3O3. The van der Waals surface area contributed by atoms with E-state index in [4.69, 9.17) is 20.3 Å². The normalized spacial score (nSPS) is 16.3. The van der Waals surface area contributed by atoms with Crippen LogP contribution in [0.3, 0.4) is 0 Å². The lowest BCUT2D eigenvalue weighted by atomic mass is 9.91. The number of nitrogens with zero attached hydrogens (tertiary/aromatic N) is 2. The Labute approximate surface area is 147 Å². The maximum atomic E-state index is 11.7. The van der Waals surface area contributed by atoms with Gasteiger partial charge in [0.1, 0.15) is 18.1 Å². The van der Waals surface area contributed by atoms with Crippen molar-refractivity contribution in [3.63, 3.8) is 0 Å². The Morgan fingerprint density at radius 2 is 2.16 bits per heavy atom. The SMILES string of the molecule is CCOC(=O)CCn1nc(COc2ccccc2)c2c1CCCC2N. The number of nitrogens with two attached hydrogens (primary N) is 1. The van der Waals surface area contributed by atoms with Crippen LogP contribution < -0.4 is 10.5 Å². The summed E-state index contributed by atoms with van der Waals surface area (Å²) >= 11 is 0. The Morgan fingerprint density at radius 1 is 1.36 bits per heavy atom. The summed E-state index contributed by atoms with van der Waals surface area (Å²) in [5.74, 6) is 0.607. The van der Waals surface area contributed by atoms with Gasteiger partial charge < -0.3 is 15.2 Å². The molecule has 3 rings (SSSR count). The zero-order valence-corrected chi connectivity index (χ0v) is 14.6. The van der Waals surface area contributed by atoms with Gasteiger partial charge in [-0.2, -0.15) is 5.10 Å². The van der Waals surface area contributed by atoms with Gasteiger partial charge in [0, 0.05) is 17.3 Å². The molecule has 0 aliphatic heterocycles. The summed E-state index contributed by atoms with van der Waals surface area (Å²) in [7, 11) is 0. The molecule has 6 nitrogen and oxygen atoms in total. The number of carbonyl (C=O) groups is 1. The summed E-state index contributed by atoms with van der Waals surface area (Å²) in [6.45, 7) is 3.11. The Balaban J connectivity index is 1.76. The second-order valence-corrected chi connectivity index (χ2v) is 6.19. The van der Waals surface area contributed by atoms with E-state index in [1.165, 1.54) is 0 Å². The van der Waals surface area contributed by atoms with Crippen molar-refractivity contribution in [1.82, 2.24) is 9.78 Å². The predicted molar refractivity (Wildman–Crippen MR) is 94.1 cm³/mol. The van der Waals surface area contributed by atoms with Crippen molar-refractivity contribution >= 4 is 5.97 Å². The lowest BCUT2D eigenvalue weighted by Gasteiger charge is -2.20. The van der Waals surface area contributed by atoms with Crippen molar-refractivity contribution in [3.8, 4) is 5.75 Å². The number of aromatic nitrogens is 2. The Kier molecular flexibility index (Phi) is 5.71. The molecule has 1 aliphatic rings. The summed E-state index contributed by atoms with van der Waals surface area (Å²) in [6, 6.07) is 9.65. The number of fused-ring (bicyclic) bond motifs is 1. The van der Waals surface area contributed by atoms with Crippen molar-refractivity contribution in [2.24, 2.45) is 5.73 Å². The molecule has 1 unspecified atom stereocenters.